The second kappa shape index (κ2) is 1.65. The molecule has 3 nitrogen and oxygen atoms in total. The van der Waals surface area contributed by atoms with Crippen LogP contribution in [0.5, 0.6) is 0 Å². The average molecular weight is 157 g/mol. The maximum Gasteiger partial charge on any atom is 0.182 e. The van der Waals surface area contributed by atoms with Gasteiger partial charge in [0.25, 0.3) is 0 Å². The highest BCUT2D eigenvalue weighted by Gasteiger charge is 2.00. The monoisotopic (exact) mass is 157 g/mol. The minimum Gasteiger partial charge on any atom is -0.375 e. The number of hydrogen-bond donors (Lipinski definition) is 1. The maximum absolute atomic E-state index is 5.42. The van der Waals surface area contributed by atoms with Crippen LogP contribution in [0.2, 0.25) is 0 Å². The fraction of sp³-hybridized carbons (Fsp3) is 0. The quantitative estimate of drug-likeness (QED) is 0.627. The van der Waals surface area contributed by atoms with Crippen molar-refractivity contribution in [1.82, 2.24) is 9.36 Å². The Kier molecular flexibility index (Phi) is 0.940. The lowest BCUT2D eigenvalue weighted by molar-refractivity contribution is 1.53. The Balaban J connectivity index is 2.92. The number of rotatable bonds is 0. The first-order valence-electron chi connectivity index (χ1n) is 2.33. The lowest BCUT2D eigenvalue weighted by Gasteiger charge is -1.70. The first kappa shape index (κ1) is 5.13. The molecule has 0 aliphatic carbocycles. The predicted octanol–water partition coefficient (Wildman–Crippen LogP) is 1.33. The van der Waals surface area contributed by atoms with Gasteiger partial charge in [0.05, 0.1) is 10.9 Å². The fourth-order valence-corrected chi connectivity index (χ4v) is 2.11. The van der Waals surface area contributed by atoms with Crippen molar-refractivity contribution in [2.24, 2.45) is 0 Å². The lowest BCUT2D eigenvalue weighted by Crippen LogP contribution is -1.78. The molecule has 0 unspecified atom stereocenters. The highest BCUT2D eigenvalue weighted by molar-refractivity contribution is 7.26. The summed E-state index contributed by atoms with van der Waals surface area (Å²) in [7, 11) is 0. The van der Waals surface area contributed by atoms with Crippen LogP contribution in [0, 0.1) is 0 Å². The third-order valence-corrected chi connectivity index (χ3v) is 2.59. The summed E-state index contributed by atoms with van der Waals surface area (Å²) in [6, 6.07) is 0. The summed E-state index contributed by atoms with van der Waals surface area (Å²) >= 11 is 2.85. The van der Waals surface area contributed by atoms with E-state index in [9.17, 15) is 0 Å². The summed E-state index contributed by atoms with van der Waals surface area (Å²) in [4.78, 5) is 4.97. The van der Waals surface area contributed by atoms with Crippen LogP contribution in [0.4, 0.5) is 5.13 Å². The van der Waals surface area contributed by atoms with Crippen LogP contribution in [0.15, 0.2) is 6.20 Å². The molecule has 0 saturated heterocycles. The van der Waals surface area contributed by atoms with Gasteiger partial charge in [0.2, 0.25) is 0 Å². The number of nitrogens with zero attached hydrogens (tertiary/aromatic N) is 2. The average Bonchev–Trinajstić information content (AvgIpc) is 2.22. The molecule has 5 heteroatoms. The Labute approximate surface area is 59.3 Å². The number of aromatic nitrogens is 2. The summed E-state index contributed by atoms with van der Waals surface area (Å²) < 4.78 is 5.02. The summed E-state index contributed by atoms with van der Waals surface area (Å²) in [5.41, 5.74) is 5.42. The third kappa shape index (κ3) is 0.691. The molecule has 2 heterocycles. The van der Waals surface area contributed by atoms with Crippen molar-refractivity contribution in [1.29, 1.82) is 0 Å². The molecule has 0 saturated carbocycles. The second-order valence-corrected chi connectivity index (χ2v) is 3.39. The van der Waals surface area contributed by atoms with Gasteiger partial charge in [-0.05, 0) is 11.5 Å². The smallest absolute Gasteiger partial charge is 0.182 e. The van der Waals surface area contributed by atoms with E-state index in [1.54, 1.807) is 6.20 Å². The van der Waals surface area contributed by atoms with Crippen molar-refractivity contribution in [3.05, 3.63) is 6.20 Å². The molecule has 2 N–H and O–H groups in total. The summed E-state index contributed by atoms with van der Waals surface area (Å²) in [6.45, 7) is 0. The Morgan fingerprint density at radius 3 is 3.22 bits per heavy atom. The van der Waals surface area contributed by atoms with Crippen LogP contribution < -0.4 is 5.73 Å². The Morgan fingerprint density at radius 2 is 2.44 bits per heavy atom. The molecule has 0 atom stereocenters. The molecule has 0 fully saturated rings. The Bertz CT molecular complexity index is 295. The van der Waals surface area contributed by atoms with Crippen LogP contribution in [-0.2, 0) is 0 Å². The molecule has 0 aliphatic heterocycles. The Morgan fingerprint density at radius 1 is 1.56 bits per heavy atom. The van der Waals surface area contributed by atoms with Crippen LogP contribution in [0.3, 0.4) is 0 Å². The zero-order valence-corrected chi connectivity index (χ0v) is 6.00. The van der Waals surface area contributed by atoms with E-state index >= 15 is 0 Å². The normalized spacial score (nSPS) is 10.7. The Hall–Kier alpha value is -0.680. The van der Waals surface area contributed by atoms with Gasteiger partial charge in [-0.2, -0.15) is 4.37 Å². The molecule has 2 aromatic heterocycles. The van der Waals surface area contributed by atoms with E-state index < -0.39 is 0 Å². The van der Waals surface area contributed by atoms with Crippen molar-refractivity contribution in [3.8, 4) is 0 Å². The zero-order chi connectivity index (χ0) is 6.27. The molecule has 0 radical (unpaired) electrons. The molecular formula is C4H3N3S2. The van der Waals surface area contributed by atoms with E-state index in [2.05, 4.69) is 9.36 Å². The van der Waals surface area contributed by atoms with Crippen LogP contribution in [-0.4, -0.2) is 9.36 Å². The minimum atomic E-state index is 0.624. The van der Waals surface area contributed by atoms with E-state index in [-0.39, 0.29) is 0 Å². The SMILES string of the molecule is Nc1nc2sncc2s1. The number of anilines is 1. The molecule has 0 aliphatic rings. The number of fused-ring (bicyclic) bond motifs is 1. The topological polar surface area (TPSA) is 51.8 Å². The summed E-state index contributed by atoms with van der Waals surface area (Å²) in [5.74, 6) is 0. The lowest BCUT2D eigenvalue weighted by atomic mass is 10.7. The molecule has 2 rings (SSSR count). The highest BCUT2D eigenvalue weighted by atomic mass is 32.1. The van der Waals surface area contributed by atoms with Gasteiger partial charge in [-0.15, -0.1) is 0 Å². The van der Waals surface area contributed by atoms with Crippen LogP contribution in [0.1, 0.15) is 0 Å². The molecule has 0 aromatic carbocycles. The first-order valence-corrected chi connectivity index (χ1v) is 3.92. The summed E-state index contributed by atoms with van der Waals surface area (Å²) in [6.07, 6.45) is 1.79. The molecule has 9 heavy (non-hydrogen) atoms. The van der Waals surface area contributed by atoms with E-state index in [1.165, 1.54) is 22.9 Å². The van der Waals surface area contributed by atoms with Gasteiger partial charge in [0.15, 0.2) is 9.96 Å². The van der Waals surface area contributed by atoms with E-state index in [1.807, 2.05) is 0 Å². The van der Waals surface area contributed by atoms with Crippen molar-refractivity contribution < 1.29 is 0 Å². The molecule has 2 aromatic rings. The van der Waals surface area contributed by atoms with E-state index in [4.69, 9.17) is 5.73 Å². The molecule has 0 amide bonds. The van der Waals surface area contributed by atoms with Gasteiger partial charge in [0, 0.05) is 0 Å². The van der Waals surface area contributed by atoms with Crippen molar-refractivity contribution in [2.45, 2.75) is 0 Å². The first-order chi connectivity index (χ1) is 4.36. The minimum absolute atomic E-state index is 0.624. The van der Waals surface area contributed by atoms with Crippen molar-refractivity contribution in [3.63, 3.8) is 0 Å². The zero-order valence-electron chi connectivity index (χ0n) is 4.37. The van der Waals surface area contributed by atoms with Crippen molar-refractivity contribution >= 4 is 37.5 Å². The highest BCUT2D eigenvalue weighted by Crippen LogP contribution is 2.25. The maximum atomic E-state index is 5.42. The van der Waals surface area contributed by atoms with Gasteiger partial charge in [-0.25, -0.2) is 4.98 Å². The van der Waals surface area contributed by atoms with Gasteiger partial charge in [-0.3, -0.25) is 0 Å². The van der Waals surface area contributed by atoms with Crippen molar-refractivity contribution in [2.75, 3.05) is 5.73 Å². The van der Waals surface area contributed by atoms with Gasteiger partial charge in [0.1, 0.15) is 0 Å². The second-order valence-electron chi connectivity index (χ2n) is 1.55. The number of thiazole rings is 1. The van der Waals surface area contributed by atoms with E-state index in [0.29, 0.717) is 5.13 Å². The van der Waals surface area contributed by atoms with Crippen LogP contribution >= 0.6 is 22.9 Å². The fourth-order valence-electron chi connectivity index (χ4n) is 0.605. The van der Waals surface area contributed by atoms with E-state index in [0.717, 1.165) is 9.53 Å². The standard InChI is InChI=1S/C4H3N3S2/c5-4-7-3-2(8-4)1-6-9-3/h1H,(H2,5,7). The molecular weight excluding hydrogens is 154 g/mol. The molecule has 46 valence electrons. The molecule has 0 bridgehead atoms. The largest absolute Gasteiger partial charge is 0.375 e. The van der Waals surface area contributed by atoms with Gasteiger partial charge < -0.3 is 5.73 Å². The number of nitrogens with two attached hydrogens (primary N) is 1. The van der Waals surface area contributed by atoms with Crippen LogP contribution in [0.25, 0.3) is 9.53 Å². The predicted molar refractivity (Wildman–Crippen MR) is 39.7 cm³/mol. The number of hydrogen-bond acceptors (Lipinski definition) is 5. The third-order valence-electron chi connectivity index (χ3n) is 0.946. The summed E-state index contributed by atoms with van der Waals surface area (Å²) in [5, 5.41) is 0.624. The number of nitrogen functional groups attached to an aromatic ring is 1. The molecule has 0 spiro atoms. The van der Waals surface area contributed by atoms with Gasteiger partial charge in [-0.1, -0.05) is 11.3 Å². The van der Waals surface area contributed by atoms with Gasteiger partial charge >= 0.3 is 0 Å².